The van der Waals surface area contributed by atoms with E-state index in [1.165, 1.54) is 0 Å². The van der Waals surface area contributed by atoms with Crippen LogP contribution in [0.2, 0.25) is 0 Å². The maximum Gasteiger partial charge on any atom is 0.228 e. The Kier molecular flexibility index (Phi) is 2.92. The Balaban J connectivity index is 2.17. The van der Waals surface area contributed by atoms with Crippen molar-refractivity contribution in [2.24, 2.45) is 11.7 Å². The van der Waals surface area contributed by atoms with Gasteiger partial charge in [0.1, 0.15) is 0 Å². The third kappa shape index (κ3) is 2.06. The molecule has 0 aliphatic carbocycles. The second-order valence-corrected chi connectivity index (χ2v) is 3.91. The summed E-state index contributed by atoms with van der Waals surface area (Å²) in [4.78, 5) is 14.7. The van der Waals surface area contributed by atoms with Crippen LogP contribution in [0.15, 0.2) is 30.5 Å². The quantitative estimate of drug-likeness (QED) is 0.732. The number of carbonyl (C=O) groups excluding carboxylic acids is 1. The van der Waals surface area contributed by atoms with Crippen LogP contribution in [0.25, 0.3) is 10.9 Å². The number of hydrogen-bond donors (Lipinski definition) is 3. The van der Waals surface area contributed by atoms with E-state index in [0.717, 1.165) is 16.6 Å². The number of benzene rings is 1. The molecular formula is C12H15N3O. The fourth-order valence-electron chi connectivity index (χ4n) is 1.50. The molecule has 1 aromatic carbocycles. The minimum atomic E-state index is -0.165. The van der Waals surface area contributed by atoms with E-state index in [4.69, 9.17) is 5.73 Å². The van der Waals surface area contributed by atoms with Crippen LogP contribution in [0.5, 0.6) is 0 Å². The van der Waals surface area contributed by atoms with E-state index in [9.17, 15) is 4.79 Å². The van der Waals surface area contributed by atoms with Gasteiger partial charge in [-0.25, -0.2) is 0 Å². The van der Waals surface area contributed by atoms with Gasteiger partial charge in [0, 0.05) is 35.2 Å². The minimum absolute atomic E-state index is 0.0441. The van der Waals surface area contributed by atoms with E-state index in [-0.39, 0.29) is 11.8 Å². The lowest BCUT2D eigenvalue weighted by molar-refractivity contribution is -0.119. The van der Waals surface area contributed by atoms with Crippen LogP contribution in [0.4, 0.5) is 5.69 Å². The summed E-state index contributed by atoms with van der Waals surface area (Å²) in [6.07, 6.45) is 1.87. The molecule has 1 atom stereocenters. The summed E-state index contributed by atoms with van der Waals surface area (Å²) in [6.45, 7) is 2.17. The highest BCUT2D eigenvalue weighted by Gasteiger charge is 2.10. The summed E-state index contributed by atoms with van der Waals surface area (Å²) in [5, 5.41) is 3.92. The van der Waals surface area contributed by atoms with E-state index in [1.54, 1.807) is 0 Å². The number of rotatable bonds is 3. The normalized spacial score (nSPS) is 12.6. The van der Waals surface area contributed by atoms with Crippen molar-refractivity contribution in [3.8, 4) is 0 Å². The Morgan fingerprint density at radius 3 is 3.06 bits per heavy atom. The maximum atomic E-state index is 11.6. The Morgan fingerprint density at radius 1 is 1.50 bits per heavy atom. The van der Waals surface area contributed by atoms with Gasteiger partial charge in [0.15, 0.2) is 0 Å². The summed E-state index contributed by atoms with van der Waals surface area (Å²) >= 11 is 0. The molecule has 1 heterocycles. The van der Waals surface area contributed by atoms with E-state index < -0.39 is 0 Å². The van der Waals surface area contributed by atoms with Crippen LogP contribution in [-0.4, -0.2) is 17.4 Å². The zero-order valence-electron chi connectivity index (χ0n) is 9.16. The van der Waals surface area contributed by atoms with Gasteiger partial charge in [0.05, 0.1) is 0 Å². The molecule has 4 N–H and O–H groups in total. The Hall–Kier alpha value is -1.81. The number of amides is 1. The number of anilines is 1. The Labute approximate surface area is 93.8 Å². The smallest absolute Gasteiger partial charge is 0.228 e. The maximum absolute atomic E-state index is 11.6. The van der Waals surface area contributed by atoms with E-state index in [0.29, 0.717) is 6.54 Å². The first-order valence-electron chi connectivity index (χ1n) is 5.29. The van der Waals surface area contributed by atoms with E-state index in [1.807, 2.05) is 37.4 Å². The number of aromatic amines is 1. The molecule has 2 aromatic rings. The topological polar surface area (TPSA) is 70.9 Å². The molecule has 0 fully saturated rings. The monoisotopic (exact) mass is 217 g/mol. The van der Waals surface area contributed by atoms with Gasteiger partial charge in [-0.05, 0) is 24.3 Å². The molecule has 84 valence electrons. The van der Waals surface area contributed by atoms with Crippen LogP contribution < -0.4 is 11.1 Å². The van der Waals surface area contributed by atoms with Crippen LogP contribution in [0, 0.1) is 5.92 Å². The average Bonchev–Trinajstić information content (AvgIpc) is 2.75. The number of carbonyl (C=O) groups is 1. The summed E-state index contributed by atoms with van der Waals surface area (Å²) in [5.74, 6) is -0.209. The predicted molar refractivity (Wildman–Crippen MR) is 65.1 cm³/mol. The zero-order valence-corrected chi connectivity index (χ0v) is 9.16. The van der Waals surface area contributed by atoms with Crippen LogP contribution in [0.3, 0.4) is 0 Å². The molecule has 4 heteroatoms. The van der Waals surface area contributed by atoms with Gasteiger partial charge in [-0.2, -0.15) is 0 Å². The fourth-order valence-corrected chi connectivity index (χ4v) is 1.50. The number of fused-ring (bicyclic) bond motifs is 1. The first-order valence-corrected chi connectivity index (χ1v) is 5.29. The molecular weight excluding hydrogens is 202 g/mol. The number of aromatic nitrogens is 1. The molecule has 1 aromatic heterocycles. The first kappa shape index (κ1) is 10.7. The standard InChI is InChI=1S/C12H15N3O/c1-8(7-13)12(16)15-10-2-3-11-9(6-10)4-5-14-11/h2-6,8,14H,7,13H2,1H3,(H,15,16). The number of nitrogens with two attached hydrogens (primary N) is 1. The molecule has 2 rings (SSSR count). The highest BCUT2D eigenvalue weighted by atomic mass is 16.1. The van der Waals surface area contributed by atoms with Gasteiger partial charge in [-0.3, -0.25) is 4.79 Å². The van der Waals surface area contributed by atoms with Crippen molar-refractivity contribution < 1.29 is 4.79 Å². The van der Waals surface area contributed by atoms with Gasteiger partial charge in [0.2, 0.25) is 5.91 Å². The van der Waals surface area contributed by atoms with Crippen molar-refractivity contribution in [3.05, 3.63) is 30.5 Å². The van der Waals surface area contributed by atoms with Crippen molar-refractivity contribution in [3.63, 3.8) is 0 Å². The van der Waals surface area contributed by atoms with Gasteiger partial charge in [-0.15, -0.1) is 0 Å². The molecule has 0 saturated heterocycles. The van der Waals surface area contributed by atoms with Crippen LogP contribution >= 0.6 is 0 Å². The van der Waals surface area contributed by atoms with Crippen molar-refractivity contribution in [1.82, 2.24) is 4.98 Å². The minimum Gasteiger partial charge on any atom is -0.361 e. The molecule has 1 amide bonds. The predicted octanol–water partition coefficient (Wildman–Crippen LogP) is 1.70. The van der Waals surface area contributed by atoms with Gasteiger partial charge < -0.3 is 16.0 Å². The SMILES string of the molecule is CC(CN)C(=O)Nc1ccc2[nH]ccc2c1. The van der Waals surface area contributed by atoms with Crippen molar-refractivity contribution >= 4 is 22.5 Å². The van der Waals surface area contributed by atoms with Gasteiger partial charge in [-0.1, -0.05) is 6.92 Å². The average molecular weight is 217 g/mol. The highest BCUT2D eigenvalue weighted by Crippen LogP contribution is 2.18. The van der Waals surface area contributed by atoms with Gasteiger partial charge >= 0.3 is 0 Å². The first-order chi connectivity index (χ1) is 7.70. The van der Waals surface area contributed by atoms with Crippen molar-refractivity contribution in [1.29, 1.82) is 0 Å². The van der Waals surface area contributed by atoms with E-state index >= 15 is 0 Å². The number of nitrogens with one attached hydrogen (secondary N) is 2. The largest absolute Gasteiger partial charge is 0.361 e. The third-order valence-electron chi connectivity index (χ3n) is 2.62. The Bertz CT molecular complexity index is 504. The van der Waals surface area contributed by atoms with Gasteiger partial charge in [0.25, 0.3) is 0 Å². The molecule has 16 heavy (non-hydrogen) atoms. The lowest BCUT2D eigenvalue weighted by atomic mass is 10.1. The highest BCUT2D eigenvalue weighted by molar-refractivity contribution is 5.95. The molecule has 0 radical (unpaired) electrons. The summed E-state index contributed by atoms with van der Waals surface area (Å²) in [6, 6.07) is 7.72. The van der Waals surface area contributed by atoms with Crippen LogP contribution in [0.1, 0.15) is 6.92 Å². The van der Waals surface area contributed by atoms with Crippen LogP contribution in [-0.2, 0) is 4.79 Å². The molecule has 0 aliphatic rings. The molecule has 0 saturated carbocycles. The van der Waals surface area contributed by atoms with E-state index in [2.05, 4.69) is 10.3 Å². The van der Waals surface area contributed by atoms with Crippen molar-refractivity contribution in [2.45, 2.75) is 6.92 Å². The second kappa shape index (κ2) is 4.37. The Morgan fingerprint density at radius 2 is 2.31 bits per heavy atom. The molecule has 1 unspecified atom stereocenters. The summed E-state index contributed by atoms with van der Waals surface area (Å²) < 4.78 is 0. The zero-order chi connectivity index (χ0) is 11.5. The summed E-state index contributed by atoms with van der Waals surface area (Å²) in [5.41, 5.74) is 7.30. The molecule has 0 spiro atoms. The molecule has 0 aliphatic heterocycles. The third-order valence-corrected chi connectivity index (χ3v) is 2.62. The lowest BCUT2D eigenvalue weighted by Gasteiger charge is -2.09. The number of H-pyrrole nitrogens is 1. The second-order valence-electron chi connectivity index (χ2n) is 3.91. The molecule has 0 bridgehead atoms. The fraction of sp³-hybridized carbons (Fsp3) is 0.250. The van der Waals surface area contributed by atoms with Crippen molar-refractivity contribution in [2.75, 3.05) is 11.9 Å². The summed E-state index contributed by atoms with van der Waals surface area (Å²) in [7, 11) is 0. The lowest BCUT2D eigenvalue weighted by Crippen LogP contribution is -2.26. The molecule has 4 nitrogen and oxygen atoms in total. The number of hydrogen-bond acceptors (Lipinski definition) is 2.